The van der Waals surface area contributed by atoms with Crippen LogP contribution in [0.2, 0.25) is 0 Å². The number of hydrogen-bond acceptors (Lipinski definition) is 3. The van der Waals surface area contributed by atoms with Crippen molar-refractivity contribution in [3.05, 3.63) is 71.4 Å². The van der Waals surface area contributed by atoms with Crippen LogP contribution in [0.3, 0.4) is 0 Å². The first kappa shape index (κ1) is 17.7. The third-order valence-electron chi connectivity index (χ3n) is 4.22. The van der Waals surface area contributed by atoms with Crippen molar-refractivity contribution in [2.45, 2.75) is 19.8 Å². The van der Waals surface area contributed by atoms with Gasteiger partial charge in [-0.25, -0.2) is 0 Å². The van der Waals surface area contributed by atoms with Crippen LogP contribution in [0.1, 0.15) is 16.7 Å². The fourth-order valence-electron chi connectivity index (χ4n) is 2.80. The number of nitrogens with one attached hydrogen (secondary N) is 2. The van der Waals surface area contributed by atoms with Gasteiger partial charge in [0.15, 0.2) is 6.61 Å². The Kier molecular flexibility index (Phi) is 5.69. The SMILES string of the molecule is Cc1ccc(CC(=O)OCC(=O)NCCc2c[nH]c3ccccc23)cc1. The molecular weight excluding hydrogens is 328 g/mol. The van der Waals surface area contributed by atoms with E-state index in [1.54, 1.807) is 0 Å². The Morgan fingerprint density at radius 2 is 1.85 bits per heavy atom. The first-order valence-electron chi connectivity index (χ1n) is 8.64. The van der Waals surface area contributed by atoms with Crippen LogP contribution < -0.4 is 5.32 Å². The molecule has 2 N–H and O–H groups in total. The van der Waals surface area contributed by atoms with Gasteiger partial charge in [0.25, 0.3) is 5.91 Å². The summed E-state index contributed by atoms with van der Waals surface area (Å²) in [4.78, 5) is 26.9. The number of benzene rings is 2. The zero-order valence-electron chi connectivity index (χ0n) is 14.7. The molecule has 5 heteroatoms. The highest BCUT2D eigenvalue weighted by atomic mass is 16.5. The van der Waals surface area contributed by atoms with E-state index in [4.69, 9.17) is 4.74 Å². The summed E-state index contributed by atoms with van der Waals surface area (Å²) in [6.45, 7) is 2.23. The summed E-state index contributed by atoms with van der Waals surface area (Å²) in [6, 6.07) is 15.7. The summed E-state index contributed by atoms with van der Waals surface area (Å²) >= 11 is 0. The van der Waals surface area contributed by atoms with Crippen LogP contribution in [0.5, 0.6) is 0 Å². The quantitative estimate of drug-likeness (QED) is 0.644. The Labute approximate surface area is 152 Å². The van der Waals surface area contributed by atoms with Crippen LogP contribution in [-0.4, -0.2) is 30.0 Å². The second kappa shape index (κ2) is 8.34. The summed E-state index contributed by atoms with van der Waals surface area (Å²) in [7, 11) is 0. The smallest absolute Gasteiger partial charge is 0.310 e. The number of carbonyl (C=O) groups excluding carboxylic acids is 2. The highest BCUT2D eigenvalue weighted by molar-refractivity contribution is 5.83. The molecule has 0 fully saturated rings. The standard InChI is InChI=1S/C21H22N2O3/c1-15-6-8-16(9-7-15)12-21(25)26-14-20(24)22-11-10-17-13-23-19-5-3-2-4-18(17)19/h2-9,13,23H,10-12,14H2,1H3,(H,22,24). The number of aromatic nitrogens is 1. The van der Waals surface area contributed by atoms with E-state index >= 15 is 0 Å². The Morgan fingerprint density at radius 3 is 2.65 bits per heavy atom. The van der Waals surface area contributed by atoms with Crippen molar-refractivity contribution in [2.24, 2.45) is 0 Å². The summed E-state index contributed by atoms with van der Waals surface area (Å²) in [5.41, 5.74) is 4.24. The van der Waals surface area contributed by atoms with Gasteiger partial charge in [0.05, 0.1) is 6.42 Å². The topological polar surface area (TPSA) is 71.2 Å². The number of para-hydroxylation sites is 1. The fraction of sp³-hybridized carbons (Fsp3) is 0.238. The molecule has 1 heterocycles. The van der Waals surface area contributed by atoms with E-state index in [9.17, 15) is 9.59 Å². The average Bonchev–Trinajstić information content (AvgIpc) is 3.05. The van der Waals surface area contributed by atoms with Crippen LogP contribution in [0.4, 0.5) is 0 Å². The number of esters is 1. The lowest BCUT2D eigenvalue weighted by atomic mass is 10.1. The summed E-state index contributed by atoms with van der Waals surface area (Å²) in [6.07, 6.45) is 2.84. The van der Waals surface area contributed by atoms with Gasteiger partial charge in [0, 0.05) is 23.6 Å². The number of H-pyrrole nitrogens is 1. The van der Waals surface area contributed by atoms with E-state index in [0.29, 0.717) is 13.0 Å². The van der Waals surface area contributed by atoms with E-state index in [-0.39, 0.29) is 18.9 Å². The van der Waals surface area contributed by atoms with Crippen LogP contribution >= 0.6 is 0 Å². The van der Waals surface area contributed by atoms with Gasteiger partial charge in [-0.05, 0) is 30.5 Å². The van der Waals surface area contributed by atoms with E-state index in [2.05, 4.69) is 16.4 Å². The second-order valence-corrected chi connectivity index (χ2v) is 6.28. The summed E-state index contributed by atoms with van der Waals surface area (Å²) in [5.74, 6) is -0.692. The average molecular weight is 350 g/mol. The molecule has 0 aliphatic carbocycles. The van der Waals surface area contributed by atoms with Crippen LogP contribution in [0.25, 0.3) is 10.9 Å². The lowest BCUT2D eigenvalue weighted by molar-refractivity contribution is -0.147. The predicted octanol–water partition coefficient (Wildman–Crippen LogP) is 2.92. The summed E-state index contributed by atoms with van der Waals surface area (Å²) in [5, 5.41) is 3.94. The van der Waals surface area contributed by atoms with E-state index < -0.39 is 5.97 Å². The first-order valence-corrected chi connectivity index (χ1v) is 8.64. The molecule has 26 heavy (non-hydrogen) atoms. The van der Waals surface area contributed by atoms with E-state index in [1.807, 2.05) is 55.6 Å². The third kappa shape index (κ3) is 4.72. The maximum atomic E-state index is 11.8. The van der Waals surface area contributed by atoms with Gasteiger partial charge in [-0.3, -0.25) is 9.59 Å². The molecule has 3 aromatic rings. The molecule has 134 valence electrons. The van der Waals surface area contributed by atoms with Crippen molar-refractivity contribution in [3.63, 3.8) is 0 Å². The highest BCUT2D eigenvalue weighted by Crippen LogP contribution is 2.17. The number of amides is 1. The second-order valence-electron chi connectivity index (χ2n) is 6.28. The minimum Gasteiger partial charge on any atom is -0.455 e. The molecule has 0 spiro atoms. The first-order chi connectivity index (χ1) is 12.6. The maximum absolute atomic E-state index is 11.8. The van der Waals surface area contributed by atoms with Crippen molar-refractivity contribution < 1.29 is 14.3 Å². The third-order valence-corrected chi connectivity index (χ3v) is 4.22. The largest absolute Gasteiger partial charge is 0.455 e. The number of carbonyl (C=O) groups is 2. The minimum absolute atomic E-state index is 0.170. The van der Waals surface area contributed by atoms with E-state index in [1.165, 1.54) is 0 Å². The maximum Gasteiger partial charge on any atom is 0.310 e. The van der Waals surface area contributed by atoms with Crippen LogP contribution in [0.15, 0.2) is 54.7 Å². The lowest BCUT2D eigenvalue weighted by Gasteiger charge is -2.07. The van der Waals surface area contributed by atoms with Gasteiger partial charge in [-0.1, -0.05) is 48.0 Å². The molecule has 0 saturated carbocycles. The van der Waals surface area contributed by atoms with Crippen molar-refractivity contribution in [3.8, 4) is 0 Å². The van der Waals surface area contributed by atoms with Crippen molar-refractivity contribution in [2.75, 3.05) is 13.2 Å². The number of hydrogen-bond donors (Lipinski definition) is 2. The Balaban J connectivity index is 1.38. The molecular formula is C21H22N2O3. The number of ether oxygens (including phenoxy) is 1. The molecule has 2 aromatic carbocycles. The number of aromatic amines is 1. The van der Waals surface area contributed by atoms with Crippen molar-refractivity contribution in [1.82, 2.24) is 10.3 Å². The van der Waals surface area contributed by atoms with Crippen LogP contribution in [-0.2, 0) is 27.2 Å². The normalized spacial score (nSPS) is 10.7. The molecule has 0 saturated heterocycles. The molecule has 0 unspecified atom stereocenters. The molecule has 0 radical (unpaired) electrons. The van der Waals surface area contributed by atoms with Gasteiger partial charge in [0.2, 0.25) is 0 Å². The zero-order valence-corrected chi connectivity index (χ0v) is 14.7. The molecule has 1 amide bonds. The lowest BCUT2D eigenvalue weighted by Crippen LogP contribution is -2.30. The molecule has 0 atom stereocenters. The fourth-order valence-corrected chi connectivity index (χ4v) is 2.80. The van der Waals surface area contributed by atoms with Crippen molar-refractivity contribution >= 4 is 22.8 Å². The highest BCUT2D eigenvalue weighted by Gasteiger charge is 2.09. The molecule has 0 bridgehead atoms. The van der Waals surface area contributed by atoms with Gasteiger partial charge in [-0.15, -0.1) is 0 Å². The Hall–Kier alpha value is -3.08. The van der Waals surface area contributed by atoms with E-state index in [0.717, 1.165) is 27.6 Å². The summed E-state index contributed by atoms with van der Waals surface area (Å²) < 4.78 is 5.04. The minimum atomic E-state index is -0.402. The van der Waals surface area contributed by atoms with Crippen molar-refractivity contribution in [1.29, 1.82) is 0 Å². The van der Waals surface area contributed by atoms with Gasteiger partial charge in [0.1, 0.15) is 0 Å². The Morgan fingerprint density at radius 1 is 1.08 bits per heavy atom. The molecule has 1 aromatic heterocycles. The Bertz CT molecular complexity index is 897. The van der Waals surface area contributed by atoms with Gasteiger partial charge >= 0.3 is 5.97 Å². The zero-order chi connectivity index (χ0) is 18.4. The molecule has 0 aliphatic heterocycles. The van der Waals surface area contributed by atoms with Gasteiger partial charge in [-0.2, -0.15) is 0 Å². The number of rotatable bonds is 7. The number of aryl methyl sites for hydroxylation is 1. The number of fused-ring (bicyclic) bond motifs is 1. The molecule has 5 nitrogen and oxygen atoms in total. The monoisotopic (exact) mass is 350 g/mol. The predicted molar refractivity (Wildman–Crippen MR) is 101 cm³/mol. The molecule has 0 aliphatic rings. The molecule has 3 rings (SSSR count). The van der Waals surface area contributed by atoms with Gasteiger partial charge < -0.3 is 15.0 Å². The van der Waals surface area contributed by atoms with Crippen LogP contribution in [0, 0.1) is 6.92 Å².